The summed E-state index contributed by atoms with van der Waals surface area (Å²) < 4.78 is 0. The Labute approximate surface area is 184 Å². The van der Waals surface area contributed by atoms with E-state index in [0.29, 0.717) is 0 Å². The number of carbonyl (C=O) groups excluding carboxylic acids is 1. The zero-order valence-corrected chi connectivity index (χ0v) is 19.9. The van der Waals surface area contributed by atoms with Gasteiger partial charge in [0, 0.05) is 43.0 Å². The average Bonchev–Trinajstić information content (AvgIpc) is 3.03. The van der Waals surface area contributed by atoms with Crippen molar-refractivity contribution in [3.8, 4) is 0 Å². The number of nitrogens with one attached hydrogen (secondary N) is 1. The highest BCUT2D eigenvalue weighted by molar-refractivity contribution is 7.19. The molecule has 164 valence electrons. The lowest BCUT2D eigenvalue weighted by atomic mass is 9.89. The van der Waals surface area contributed by atoms with Crippen molar-refractivity contribution in [2.24, 2.45) is 5.92 Å². The second-order valence-electron chi connectivity index (χ2n) is 9.90. The topological polar surface area (TPSA) is 61.4 Å². The Morgan fingerprint density at radius 1 is 1.20 bits per heavy atom. The van der Waals surface area contributed by atoms with Crippen molar-refractivity contribution in [1.29, 1.82) is 0 Å². The van der Waals surface area contributed by atoms with E-state index >= 15 is 0 Å². The molecule has 2 aromatic heterocycles. The maximum atomic E-state index is 12.6. The Balaban J connectivity index is 1.61. The highest BCUT2D eigenvalue weighted by Crippen LogP contribution is 2.41. The number of thiophene rings is 1. The summed E-state index contributed by atoms with van der Waals surface area (Å²) in [5, 5.41) is 4.37. The minimum absolute atomic E-state index is 0.0311. The minimum atomic E-state index is -0.213. The SMILES string of the molecule is CCCc1nc(N2CCN(C(=O)NC(C)(C)C)CC2)c2c3c(sc2n1)CC(C)CC3. The van der Waals surface area contributed by atoms with Crippen LogP contribution in [0.15, 0.2) is 0 Å². The fraction of sp³-hybridized carbons (Fsp3) is 0.696. The first-order chi connectivity index (χ1) is 14.2. The van der Waals surface area contributed by atoms with Gasteiger partial charge >= 0.3 is 6.03 Å². The smallest absolute Gasteiger partial charge is 0.317 e. The molecule has 0 saturated carbocycles. The van der Waals surface area contributed by atoms with E-state index in [0.717, 1.165) is 67.8 Å². The summed E-state index contributed by atoms with van der Waals surface area (Å²) >= 11 is 1.88. The third-order valence-electron chi connectivity index (χ3n) is 6.00. The molecule has 0 bridgehead atoms. The lowest BCUT2D eigenvalue weighted by Crippen LogP contribution is -2.55. The van der Waals surface area contributed by atoms with Gasteiger partial charge in [0.1, 0.15) is 16.5 Å². The number of urea groups is 1. The maximum Gasteiger partial charge on any atom is 0.317 e. The number of amides is 2. The molecule has 1 aliphatic heterocycles. The predicted octanol–water partition coefficient (Wildman–Crippen LogP) is 4.40. The fourth-order valence-electron chi connectivity index (χ4n) is 4.45. The van der Waals surface area contributed by atoms with Crippen molar-refractivity contribution in [3.05, 3.63) is 16.3 Å². The second kappa shape index (κ2) is 8.33. The van der Waals surface area contributed by atoms with Gasteiger partial charge in [0.25, 0.3) is 0 Å². The zero-order chi connectivity index (χ0) is 21.5. The largest absolute Gasteiger partial charge is 0.352 e. The Bertz CT molecular complexity index is 924. The number of anilines is 1. The van der Waals surface area contributed by atoms with Crippen LogP contribution in [-0.2, 0) is 19.3 Å². The van der Waals surface area contributed by atoms with Gasteiger partial charge < -0.3 is 15.1 Å². The molecular formula is C23H35N5OS. The van der Waals surface area contributed by atoms with Gasteiger partial charge in [-0.1, -0.05) is 13.8 Å². The number of aromatic nitrogens is 2. The lowest BCUT2D eigenvalue weighted by molar-refractivity contribution is 0.185. The molecule has 6 nitrogen and oxygen atoms in total. The van der Waals surface area contributed by atoms with Crippen LogP contribution in [0, 0.1) is 5.92 Å². The van der Waals surface area contributed by atoms with E-state index in [2.05, 4.69) is 24.1 Å². The van der Waals surface area contributed by atoms with E-state index in [4.69, 9.17) is 9.97 Å². The Morgan fingerprint density at radius 2 is 1.93 bits per heavy atom. The van der Waals surface area contributed by atoms with Crippen LogP contribution in [0.1, 0.15) is 63.7 Å². The number of rotatable bonds is 3. The molecule has 1 unspecified atom stereocenters. The summed E-state index contributed by atoms with van der Waals surface area (Å²) in [6.45, 7) is 13.7. The normalized spacial score (nSPS) is 19.8. The van der Waals surface area contributed by atoms with Gasteiger partial charge in [-0.25, -0.2) is 14.8 Å². The minimum Gasteiger partial charge on any atom is -0.352 e. The van der Waals surface area contributed by atoms with Gasteiger partial charge in [0.15, 0.2) is 0 Å². The molecule has 0 aromatic carbocycles. The van der Waals surface area contributed by atoms with E-state index in [1.54, 1.807) is 0 Å². The monoisotopic (exact) mass is 429 g/mol. The van der Waals surface area contributed by atoms with Crippen LogP contribution in [0.25, 0.3) is 10.2 Å². The van der Waals surface area contributed by atoms with Gasteiger partial charge in [-0.3, -0.25) is 0 Å². The molecule has 1 saturated heterocycles. The molecule has 1 aliphatic carbocycles. The number of hydrogen-bond acceptors (Lipinski definition) is 5. The van der Waals surface area contributed by atoms with Crippen molar-refractivity contribution in [2.45, 2.75) is 72.3 Å². The molecule has 0 spiro atoms. The molecule has 0 radical (unpaired) electrons. The summed E-state index contributed by atoms with van der Waals surface area (Å²) in [4.78, 5) is 29.5. The van der Waals surface area contributed by atoms with E-state index in [1.807, 2.05) is 37.0 Å². The molecule has 4 rings (SSSR count). The molecule has 1 N–H and O–H groups in total. The Hall–Kier alpha value is -1.89. The summed E-state index contributed by atoms with van der Waals surface area (Å²) in [7, 11) is 0. The second-order valence-corrected chi connectivity index (χ2v) is 11.0. The summed E-state index contributed by atoms with van der Waals surface area (Å²) in [5.74, 6) is 2.81. The van der Waals surface area contributed by atoms with Gasteiger partial charge in [-0.05, 0) is 57.9 Å². The van der Waals surface area contributed by atoms with Crippen LogP contribution in [0.3, 0.4) is 0 Å². The van der Waals surface area contributed by atoms with Crippen molar-refractivity contribution in [2.75, 3.05) is 31.1 Å². The summed E-state index contributed by atoms with van der Waals surface area (Å²) in [5.41, 5.74) is 1.27. The molecule has 1 fully saturated rings. The van der Waals surface area contributed by atoms with Crippen LogP contribution < -0.4 is 10.2 Å². The maximum absolute atomic E-state index is 12.6. The molecule has 2 amide bonds. The number of fused-ring (bicyclic) bond motifs is 3. The molecule has 2 aliphatic rings. The van der Waals surface area contributed by atoms with Gasteiger partial charge in [0.2, 0.25) is 0 Å². The molecule has 2 aromatic rings. The summed E-state index contributed by atoms with van der Waals surface area (Å²) in [6, 6.07) is 0.0311. The molecule has 3 heterocycles. The number of carbonyl (C=O) groups is 1. The first-order valence-corrected chi connectivity index (χ1v) is 12.2. The van der Waals surface area contributed by atoms with Gasteiger partial charge in [-0.15, -0.1) is 11.3 Å². The Kier molecular flexibility index (Phi) is 5.93. The van der Waals surface area contributed by atoms with Gasteiger partial charge in [0.05, 0.1) is 5.39 Å². The highest BCUT2D eigenvalue weighted by atomic mass is 32.1. The van der Waals surface area contributed by atoms with Crippen molar-refractivity contribution in [3.63, 3.8) is 0 Å². The standard InChI is InChI=1S/C23H35N5OS/c1-6-7-18-24-20(19-16-9-8-15(2)14-17(16)30-21(19)25-18)27-10-12-28(13-11-27)22(29)26-23(3,4)5/h15H,6-14H2,1-5H3,(H,26,29). The third-order valence-corrected chi connectivity index (χ3v) is 7.15. The van der Waals surface area contributed by atoms with Crippen LogP contribution in [0.2, 0.25) is 0 Å². The number of piperazine rings is 1. The summed E-state index contributed by atoms with van der Waals surface area (Å²) in [6.07, 6.45) is 5.51. The van der Waals surface area contributed by atoms with Crippen LogP contribution in [0.4, 0.5) is 10.6 Å². The zero-order valence-electron chi connectivity index (χ0n) is 19.0. The number of hydrogen-bond donors (Lipinski definition) is 1. The quantitative estimate of drug-likeness (QED) is 0.786. The Morgan fingerprint density at radius 3 is 2.60 bits per heavy atom. The van der Waals surface area contributed by atoms with Crippen LogP contribution in [-0.4, -0.2) is 52.6 Å². The van der Waals surface area contributed by atoms with E-state index in [9.17, 15) is 4.79 Å². The first-order valence-electron chi connectivity index (χ1n) is 11.4. The van der Waals surface area contributed by atoms with Crippen molar-refractivity contribution in [1.82, 2.24) is 20.2 Å². The van der Waals surface area contributed by atoms with Crippen LogP contribution in [0.5, 0.6) is 0 Å². The molecule has 30 heavy (non-hydrogen) atoms. The predicted molar refractivity (Wildman–Crippen MR) is 125 cm³/mol. The average molecular weight is 430 g/mol. The molecular weight excluding hydrogens is 394 g/mol. The first kappa shape index (κ1) is 21.3. The van der Waals surface area contributed by atoms with Crippen molar-refractivity contribution < 1.29 is 4.79 Å². The van der Waals surface area contributed by atoms with Crippen molar-refractivity contribution >= 4 is 33.4 Å². The van der Waals surface area contributed by atoms with E-state index in [1.165, 1.54) is 28.7 Å². The highest BCUT2D eigenvalue weighted by Gasteiger charge is 2.29. The molecule has 7 heteroatoms. The van der Waals surface area contributed by atoms with Gasteiger partial charge in [-0.2, -0.15) is 0 Å². The third kappa shape index (κ3) is 4.41. The number of aryl methyl sites for hydroxylation is 2. The number of nitrogens with zero attached hydrogens (tertiary/aromatic N) is 4. The molecule has 1 atom stereocenters. The van der Waals surface area contributed by atoms with E-state index in [-0.39, 0.29) is 11.6 Å². The van der Waals surface area contributed by atoms with Crippen LogP contribution >= 0.6 is 11.3 Å². The fourth-order valence-corrected chi connectivity index (χ4v) is 5.85. The lowest BCUT2D eigenvalue weighted by Gasteiger charge is -2.37. The van der Waals surface area contributed by atoms with E-state index < -0.39 is 0 Å².